The lowest BCUT2D eigenvalue weighted by Gasteiger charge is -2.41. The Labute approximate surface area is 820 Å². The number of esters is 3. The van der Waals surface area contributed by atoms with Crippen molar-refractivity contribution in [2.75, 3.05) is 52.9 Å². The minimum atomic E-state index is -5.93. The van der Waals surface area contributed by atoms with E-state index in [0.29, 0.717) is 68.0 Å². The number of hydrogen-bond acceptors (Lipinski definition) is 25. The number of rotatable bonds is 34. The molecule has 0 aromatic heterocycles. The minimum absolute atomic E-state index is 0.0233. The SMILES string of the molecule is C=C(C)C(=O)OCCOc1ccc([S+](c2ccc(OC(C)C(F)(F)S(=O)(=O)[O-])cc2)c2ccc(C3(C)COC(C)(C)CO3)cc2)cc1.C=C(C)C(=O)Oc1ccc([S+](c2ccc(OC(C)C(F)(F)S(=O)(=O)[O-])cc2)c2ccc(C3(C)COC(C)(C)CO3)cc2)cc1.C=Cc1ccc(C(=O)Oc2ccc([S+](c3ccc(OC(C)C(F)(F)S(=O)(=O)[O-])cc3)c3ccc(C4(C)COC(C)(C)CO4)cc3)cc2)cc1. The Morgan fingerprint density at radius 3 is 0.836 bits per heavy atom. The quantitative estimate of drug-likeness (QED) is 0.00687. The molecule has 37 heteroatoms. The second-order valence-electron chi connectivity index (χ2n) is 35.5. The summed E-state index contributed by atoms with van der Waals surface area (Å²) in [7, 11) is -19.9. The van der Waals surface area contributed by atoms with E-state index in [2.05, 4.69) is 19.7 Å². The average molecular weight is 2050 g/mol. The van der Waals surface area contributed by atoms with Gasteiger partial charge < -0.3 is 75.2 Å². The smallest absolute Gasteiger partial charge is 0.369 e. The van der Waals surface area contributed by atoms with Crippen LogP contribution in [0, 0.1) is 0 Å². The van der Waals surface area contributed by atoms with Gasteiger partial charge in [-0.25, -0.2) is 39.6 Å². The highest BCUT2D eigenvalue weighted by atomic mass is 32.2. The number of hydrogen-bond donors (Lipinski definition) is 0. The van der Waals surface area contributed by atoms with Gasteiger partial charge in [-0.2, -0.15) is 26.3 Å². The molecule has 140 heavy (non-hydrogen) atoms. The predicted octanol–water partition coefficient (Wildman–Crippen LogP) is 20.0. The largest absolute Gasteiger partial charge is 0.743 e. The molecule has 10 aromatic carbocycles. The van der Waals surface area contributed by atoms with Crippen LogP contribution < -0.4 is 28.4 Å². The van der Waals surface area contributed by atoms with Gasteiger partial charge in [0.05, 0.1) is 94.7 Å². The van der Waals surface area contributed by atoms with E-state index in [1.54, 1.807) is 117 Å². The molecule has 3 aliphatic rings. The van der Waals surface area contributed by atoms with Crippen LogP contribution in [-0.4, -0.2) is 161 Å². The molecule has 9 unspecified atom stereocenters. The highest BCUT2D eigenvalue weighted by Crippen LogP contribution is 2.44. The number of alkyl halides is 6. The van der Waals surface area contributed by atoms with Crippen LogP contribution in [0.4, 0.5) is 26.3 Å². The summed E-state index contributed by atoms with van der Waals surface area (Å²) in [5.41, 5.74) is 1.64. The number of ether oxygens (including phenoxy) is 13. The maximum Gasteiger partial charge on any atom is 0.369 e. The molecule has 25 nitrogen and oxygen atoms in total. The lowest BCUT2D eigenvalue weighted by atomic mass is 9.94. The zero-order valence-corrected chi connectivity index (χ0v) is 84.0. The number of carbonyl (C=O) groups excluding carboxylic acids is 3. The third-order valence-corrected chi connectivity index (χ3v) is 32.0. The number of halogens is 6. The Morgan fingerprint density at radius 2 is 0.600 bits per heavy atom. The van der Waals surface area contributed by atoms with Crippen LogP contribution in [0.25, 0.3) is 6.08 Å². The van der Waals surface area contributed by atoms with Crippen molar-refractivity contribution in [3.63, 3.8) is 0 Å². The molecular weight excluding hydrogens is 1940 g/mol. The summed E-state index contributed by atoms with van der Waals surface area (Å²) in [4.78, 5) is 44.1. The van der Waals surface area contributed by atoms with Crippen LogP contribution in [0.2, 0.25) is 0 Å². The Hall–Kier alpha value is -10.9. The Bertz CT molecular complexity index is 6350. The van der Waals surface area contributed by atoms with Gasteiger partial charge in [0.15, 0.2) is 92.7 Å². The molecule has 748 valence electrons. The van der Waals surface area contributed by atoms with E-state index in [9.17, 15) is 79.6 Å². The van der Waals surface area contributed by atoms with Gasteiger partial charge in [-0.3, -0.25) is 0 Å². The number of benzene rings is 10. The van der Waals surface area contributed by atoms with Gasteiger partial charge in [0.25, 0.3) is 0 Å². The second kappa shape index (κ2) is 44.3. The first kappa shape index (κ1) is 110. The van der Waals surface area contributed by atoms with Crippen molar-refractivity contribution < 1.29 is 141 Å². The predicted molar refractivity (Wildman–Crippen MR) is 512 cm³/mol. The van der Waals surface area contributed by atoms with Crippen LogP contribution in [0.5, 0.6) is 34.5 Å². The summed E-state index contributed by atoms with van der Waals surface area (Å²) in [6.07, 6.45) is -4.93. The van der Waals surface area contributed by atoms with Crippen molar-refractivity contribution in [3.8, 4) is 34.5 Å². The summed E-state index contributed by atoms with van der Waals surface area (Å²) in [5.74, 6) is -0.378. The van der Waals surface area contributed by atoms with Crippen LogP contribution in [0.1, 0.15) is 130 Å². The zero-order valence-electron chi connectivity index (χ0n) is 79.1. The first-order valence-corrected chi connectivity index (χ1v) is 51.5. The van der Waals surface area contributed by atoms with E-state index in [1.165, 1.54) is 36.4 Å². The Kier molecular flexibility index (Phi) is 34.7. The molecule has 0 spiro atoms. The second-order valence-corrected chi connectivity index (χ2v) is 45.9. The molecule has 3 fully saturated rings. The van der Waals surface area contributed by atoms with Crippen LogP contribution in [0.15, 0.2) is 318 Å². The number of carbonyl (C=O) groups is 3. The van der Waals surface area contributed by atoms with Crippen LogP contribution in [0.3, 0.4) is 0 Å². The fraction of sp³-hybridized carbons (Fsp3) is 0.330. The molecular formula is C103H108F6O25S6. The van der Waals surface area contributed by atoms with E-state index in [0.717, 1.165) is 87.1 Å². The maximum absolute atomic E-state index is 14.1. The van der Waals surface area contributed by atoms with Crippen molar-refractivity contribution in [2.45, 2.75) is 209 Å². The summed E-state index contributed by atoms with van der Waals surface area (Å²) < 4.78 is 257. The molecule has 10 aromatic rings. The summed E-state index contributed by atoms with van der Waals surface area (Å²) in [6.45, 7) is 36.9. The molecule has 3 aliphatic heterocycles. The molecule has 3 saturated heterocycles. The van der Waals surface area contributed by atoms with E-state index >= 15 is 0 Å². The average Bonchev–Trinajstić information content (AvgIpc) is 0.776. The summed E-state index contributed by atoms with van der Waals surface area (Å²) in [5, 5.41) is -13.8. The molecule has 0 amide bonds. The highest BCUT2D eigenvalue weighted by Gasteiger charge is 2.50. The normalized spacial score (nSPS) is 19.4. The van der Waals surface area contributed by atoms with Gasteiger partial charge in [0.1, 0.15) is 64.5 Å². The van der Waals surface area contributed by atoms with E-state index < -0.39 is 132 Å². The highest BCUT2D eigenvalue weighted by molar-refractivity contribution is 7.97. The van der Waals surface area contributed by atoms with Gasteiger partial charge in [0, 0.05) is 11.1 Å². The van der Waals surface area contributed by atoms with Gasteiger partial charge in [0.2, 0.25) is 0 Å². The monoisotopic (exact) mass is 2050 g/mol. The lowest BCUT2D eigenvalue weighted by Crippen LogP contribution is -2.47. The third-order valence-electron chi connectivity index (χ3n) is 22.3. The van der Waals surface area contributed by atoms with Crippen molar-refractivity contribution in [3.05, 3.63) is 301 Å². The summed E-state index contributed by atoms with van der Waals surface area (Å²) in [6, 6.07) is 71.0. The lowest BCUT2D eigenvalue weighted by molar-refractivity contribution is -0.221. The molecule has 0 radical (unpaired) electrons. The fourth-order valence-corrected chi connectivity index (χ4v) is 21.2. The standard InChI is InChI=1S/C37H36F2O8S2.C34H38F2O9S2.C32H34F2O8S2/c1-6-26-7-9-27(10-8-26)34(40)47-30-15-21-33(22-16-30)48(31-17-11-28(12-18-31)36(5)24-44-35(3,4)23-45-36)32-19-13-29(14-20-32)46-25(2)37(38,39)49(41,42)43;1-23(2)31(37)42-20-19-41-26-9-15-29(16-10-26)46(28-13-7-25(8-14-28)33(6)22-43-32(4,5)21-44-33)30-17-11-27(12-18-30)45-24(3)34(35,36)47(38,39)40;1-21(2)29(35)42-25-11-17-28(18-12-25)43(26-13-7-23(8-14-26)31(6)20-39-30(4,5)19-40-31)27-15-9-24(10-16-27)41-22(3)32(33,34)44(36,37)38/h6-22,25H,1,23-24H2,2-5H3;7-18,24H,1,19-22H2,2-6H3;7-18,22H,1,19-20H2,2-6H3. The van der Waals surface area contributed by atoms with Crippen molar-refractivity contribution in [1.82, 2.24) is 0 Å². The topological polar surface area (TPSA) is 343 Å². The van der Waals surface area contributed by atoms with Gasteiger partial charge in [-0.1, -0.05) is 74.3 Å². The van der Waals surface area contributed by atoms with Crippen LogP contribution >= 0.6 is 0 Å². The van der Waals surface area contributed by atoms with Crippen LogP contribution in [-0.2, 0) is 123 Å². The molecule has 9 atom stereocenters. The van der Waals surface area contributed by atoms with Crippen molar-refractivity contribution >= 4 is 87.0 Å². The fourth-order valence-electron chi connectivity index (χ4n) is 13.7. The molecule has 0 N–H and O–H groups in total. The Morgan fingerprint density at radius 1 is 0.357 bits per heavy atom. The van der Waals surface area contributed by atoms with Gasteiger partial charge in [-0.05, 0) is 313 Å². The molecule has 0 saturated carbocycles. The van der Waals surface area contributed by atoms with E-state index in [4.69, 9.17) is 61.6 Å². The van der Waals surface area contributed by atoms with Gasteiger partial charge in [-0.15, -0.1) is 0 Å². The third kappa shape index (κ3) is 27.5. The first-order valence-electron chi connectivity index (χ1n) is 43.6. The van der Waals surface area contributed by atoms with E-state index in [1.807, 2.05) is 172 Å². The molecule has 13 rings (SSSR count). The minimum Gasteiger partial charge on any atom is -0.743 e. The zero-order chi connectivity index (χ0) is 103. The maximum atomic E-state index is 14.1. The van der Waals surface area contributed by atoms with E-state index in [-0.39, 0.29) is 52.8 Å². The molecule has 3 heterocycles. The molecule has 0 bridgehead atoms. The van der Waals surface area contributed by atoms with Gasteiger partial charge >= 0.3 is 33.7 Å². The Balaban J connectivity index is 0.000000201. The van der Waals surface area contributed by atoms with Crippen molar-refractivity contribution in [1.29, 1.82) is 0 Å². The van der Waals surface area contributed by atoms with Crippen molar-refractivity contribution in [2.24, 2.45) is 0 Å². The molecule has 0 aliphatic carbocycles. The first-order chi connectivity index (χ1) is 65.3. The summed E-state index contributed by atoms with van der Waals surface area (Å²) >= 11 is 0.